The van der Waals surface area contributed by atoms with E-state index in [4.69, 9.17) is 0 Å². The summed E-state index contributed by atoms with van der Waals surface area (Å²) in [7, 11) is 0. The molecule has 1 spiro atoms. The van der Waals surface area contributed by atoms with E-state index >= 15 is 0 Å². The maximum Gasteiger partial charge on any atom is 0.318 e. The van der Waals surface area contributed by atoms with Gasteiger partial charge in [0, 0.05) is 38.6 Å². The van der Waals surface area contributed by atoms with Crippen LogP contribution in [0.5, 0.6) is 0 Å². The Morgan fingerprint density at radius 3 is 1.92 bits per heavy atom. The monoisotopic (exact) mass is 516 g/mol. The Morgan fingerprint density at radius 1 is 0.692 bits per heavy atom. The topological polar surface area (TPSA) is 57.6 Å². The van der Waals surface area contributed by atoms with Gasteiger partial charge in [-0.25, -0.2) is 4.79 Å². The maximum absolute atomic E-state index is 13.5. The third-order valence-electron chi connectivity index (χ3n) is 8.96. The van der Waals surface area contributed by atoms with Gasteiger partial charge in [0.1, 0.15) is 0 Å². The number of hydrogen-bond acceptors (Lipinski definition) is 2. The summed E-state index contributed by atoms with van der Waals surface area (Å²) in [5.74, 6) is 0.0836. The van der Waals surface area contributed by atoms with E-state index in [1.54, 1.807) is 0 Å². The molecule has 1 aromatic heterocycles. The second kappa shape index (κ2) is 9.45. The van der Waals surface area contributed by atoms with Gasteiger partial charge in [-0.15, -0.1) is 0 Å². The van der Waals surface area contributed by atoms with Crippen LogP contribution < -0.4 is 5.32 Å². The van der Waals surface area contributed by atoms with Gasteiger partial charge in [0.25, 0.3) is 5.91 Å². The fourth-order valence-corrected chi connectivity index (χ4v) is 6.77. The molecule has 3 aromatic carbocycles. The molecule has 0 radical (unpaired) electrons. The molecule has 6 heteroatoms. The van der Waals surface area contributed by atoms with Crippen molar-refractivity contribution in [3.63, 3.8) is 0 Å². The number of likely N-dealkylation sites (tertiary alicyclic amines) is 2. The van der Waals surface area contributed by atoms with Crippen molar-refractivity contribution >= 4 is 11.9 Å². The Morgan fingerprint density at radius 2 is 1.26 bits per heavy atom. The molecular weight excluding hydrogens is 484 g/mol. The highest BCUT2D eigenvalue weighted by molar-refractivity contribution is 5.98. The Kier molecular flexibility index (Phi) is 5.76. The van der Waals surface area contributed by atoms with Gasteiger partial charge in [0.2, 0.25) is 0 Å². The predicted octanol–water partition coefficient (Wildman–Crippen LogP) is 5.89. The van der Waals surface area contributed by atoms with E-state index in [0.29, 0.717) is 0 Å². The Hall–Kier alpha value is -4.32. The average molecular weight is 517 g/mol. The fourth-order valence-electron chi connectivity index (χ4n) is 6.77. The maximum atomic E-state index is 13.5. The normalized spacial score (nSPS) is 17.7. The number of nitrogens with zero attached hydrogens (tertiary/aromatic N) is 3. The van der Waals surface area contributed by atoms with Gasteiger partial charge in [0.15, 0.2) is 0 Å². The summed E-state index contributed by atoms with van der Waals surface area (Å²) in [6, 6.07) is 28.3. The predicted molar refractivity (Wildman–Crippen MR) is 152 cm³/mol. The number of piperidine rings is 1. The number of nitrogens with one attached hydrogen (secondary N) is 1. The second-order valence-corrected chi connectivity index (χ2v) is 11.1. The molecule has 0 bridgehead atoms. The molecule has 39 heavy (non-hydrogen) atoms. The molecule has 2 saturated heterocycles. The SMILES string of the molecule is O=C(NC1c2ccccc2-c2ccccc21)N1CCC2(CCN(C(=O)c3ccccc3-n3cccc3)CC2)C1. The van der Waals surface area contributed by atoms with E-state index in [2.05, 4.69) is 41.7 Å². The minimum absolute atomic E-state index is 0.00235. The van der Waals surface area contributed by atoms with Crippen molar-refractivity contribution in [2.45, 2.75) is 25.3 Å². The number of hydrogen-bond donors (Lipinski definition) is 1. The number of aromatic nitrogens is 1. The molecule has 7 rings (SSSR count). The summed E-state index contributed by atoms with van der Waals surface area (Å²) in [6.07, 6.45) is 6.77. The molecule has 1 N–H and O–H groups in total. The highest BCUT2D eigenvalue weighted by atomic mass is 16.2. The molecule has 2 aliphatic heterocycles. The van der Waals surface area contributed by atoms with Crippen LogP contribution in [0.1, 0.15) is 46.8 Å². The molecule has 3 amide bonds. The third kappa shape index (κ3) is 4.11. The standard InChI is InChI=1S/C33H32N4O2/c38-31(28-13-5-6-14-29(28)35-18-7-8-19-35)36-20-15-33(16-21-36)17-22-37(23-33)32(39)34-30-26-11-3-1-9-24(26)25-10-2-4-12-27(25)30/h1-14,18-19,30H,15-17,20-23H2,(H,34,39). The van der Waals surface area contributed by atoms with Gasteiger partial charge in [-0.1, -0.05) is 60.7 Å². The minimum atomic E-state index is -0.124. The smallest absolute Gasteiger partial charge is 0.318 e. The highest BCUT2D eigenvalue weighted by Crippen LogP contribution is 2.44. The largest absolute Gasteiger partial charge is 0.339 e. The van der Waals surface area contributed by atoms with Crippen molar-refractivity contribution in [1.29, 1.82) is 0 Å². The third-order valence-corrected chi connectivity index (χ3v) is 8.96. The first-order chi connectivity index (χ1) is 19.1. The molecule has 0 unspecified atom stereocenters. The molecular formula is C33H32N4O2. The zero-order valence-corrected chi connectivity index (χ0v) is 21.9. The summed E-state index contributed by atoms with van der Waals surface area (Å²) in [5.41, 5.74) is 6.44. The number of amides is 3. The number of carbonyl (C=O) groups is 2. The summed E-state index contributed by atoms with van der Waals surface area (Å²) in [6.45, 7) is 2.94. The van der Waals surface area contributed by atoms with E-state index in [-0.39, 0.29) is 23.4 Å². The van der Waals surface area contributed by atoms with E-state index in [9.17, 15) is 9.59 Å². The molecule has 4 aromatic rings. The van der Waals surface area contributed by atoms with Crippen LogP contribution in [0.25, 0.3) is 16.8 Å². The van der Waals surface area contributed by atoms with Crippen molar-refractivity contribution in [2.75, 3.05) is 26.2 Å². The van der Waals surface area contributed by atoms with E-state index in [1.807, 2.05) is 75.3 Å². The number of benzene rings is 3. The van der Waals surface area contributed by atoms with Gasteiger partial charge in [-0.05, 0) is 71.2 Å². The number of para-hydroxylation sites is 1. The minimum Gasteiger partial charge on any atom is -0.339 e. The zero-order valence-electron chi connectivity index (χ0n) is 21.9. The Labute approximate surface area is 228 Å². The first kappa shape index (κ1) is 23.8. The molecule has 0 saturated carbocycles. The molecule has 0 atom stereocenters. The quantitative estimate of drug-likeness (QED) is 0.369. The molecule has 6 nitrogen and oxygen atoms in total. The lowest BCUT2D eigenvalue weighted by Crippen LogP contribution is -2.46. The zero-order chi connectivity index (χ0) is 26.4. The van der Waals surface area contributed by atoms with Crippen molar-refractivity contribution in [1.82, 2.24) is 19.7 Å². The van der Waals surface area contributed by atoms with Gasteiger partial charge >= 0.3 is 6.03 Å². The molecule has 3 heterocycles. The van der Waals surface area contributed by atoms with Gasteiger partial charge in [0.05, 0.1) is 17.3 Å². The lowest BCUT2D eigenvalue weighted by atomic mass is 9.77. The number of fused-ring (bicyclic) bond motifs is 3. The lowest BCUT2D eigenvalue weighted by molar-refractivity contribution is 0.0593. The Bertz CT molecular complexity index is 1490. The summed E-state index contributed by atoms with van der Waals surface area (Å²) >= 11 is 0. The van der Waals surface area contributed by atoms with Crippen molar-refractivity contribution < 1.29 is 9.59 Å². The molecule has 2 fully saturated rings. The summed E-state index contributed by atoms with van der Waals surface area (Å²) in [4.78, 5) is 31.0. The Balaban J connectivity index is 1.01. The van der Waals surface area contributed by atoms with Gasteiger partial charge in [-0.3, -0.25) is 4.79 Å². The lowest BCUT2D eigenvalue weighted by Gasteiger charge is -2.39. The molecule has 196 valence electrons. The average Bonchev–Trinajstić information content (AvgIpc) is 3.73. The van der Waals surface area contributed by atoms with Gasteiger partial charge < -0.3 is 19.7 Å². The molecule has 1 aliphatic carbocycles. The number of rotatable bonds is 3. The highest BCUT2D eigenvalue weighted by Gasteiger charge is 2.43. The van der Waals surface area contributed by atoms with E-state index in [1.165, 1.54) is 11.1 Å². The fraction of sp³-hybridized carbons (Fsp3) is 0.273. The van der Waals surface area contributed by atoms with Crippen molar-refractivity contribution in [3.8, 4) is 16.8 Å². The summed E-state index contributed by atoms with van der Waals surface area (Å²) in [5, 5.41) is 3.34. The van der Waals surface area contributed by atoms with E-state index in [0.717, 1.165) is 67.8 Å². The second-order valence-electron chi connectivity index (χ2n) is 11.1. The van der Waals surface area contributed by atoms with Crippen molar-refractivity contribution in [2.24, 2.45) is 5.41 Å². The molecule has 3 aliphatic rings. The van der Waals surface area contributed by atoms with Crippen LogP contribution in [0.3, 0.4) is 0 Å². The first-order valence-corrected chi connectivity index (χ1v) is 13.9. The van der Waals surface area contributed by atoms with Crippen molar-refractivity contribution in [3.05, 3.63) is 114 Å². The number of urea groups is 1. The van der Waals surface area contributed by atoms with Crippen LogP contribution in [0, 0.1) is 5.41 Å². The van der Waals surface area contributed by atoms with Crippen LogP contribution in [-0.4, -0.2) is 52.5 Å². The van der Waals surface area contributed by atoms with E-state index < -0.39 is 0 Å². The van der Waals surface area contributed by atoms with Crippen LogP contribution >= 0.6 is 0 Å². The van der Waals surface area contributed by atoms with Crippen LogP contribution in [-0.2, 0) is 0 Å². The van der Waals surface area contributed by atoms with Crippen LogP contribution in [0.4, 0.5) is 4.79 Å². The van der Waals surface area contributed by atoms with Gasteiger partial charge in [-0.2, -0.15) is 0 Å². The first-order valence-electron chi connectivity index (χ1n) is 13.9. The summed E-state index contributed by atoms with van der Waals surface area (Å²) < 4.78 is 1.99. The van der Waals surface area contributed by atoms with Crippen LogP contribution in [0.2, 0.25) is 0 Å². The number of carbonyl (C=O) groups excluding carboxylic acids is 2. The van der Waals surface area contributed by atoms with Crippen LogP contribution in [0.15, 0.2) is 97.3 Å².